The minimum absolute atomic E-state index is 0.548. The molecule has 3 aromatic rings. The highest BCUT2D eigenvalue weighted by atomic mass is 32.1. The third-order valence-corrected chi connectivity index (χ3v) is 4.20. The summed E-state index contributed by atoms with van der Waals surface area (Å²) in [5.41, 5.74) is 7.40. The molecule has 0 saturated carbocycles. The average Bonchev–Trinajstić information content (AvgIpc) is 3.11. The monoisotopic (exact) mass is 289 g/mol. The molecule has 2 heterocycles. The number of rotatable bonds is 4. The number of benzene rings is 1. The van der Waals surface area contributed by atoms with Crippen LogP contribution in [0.5, 0.6) is 11.5 Å². The molecule has 0 bridgehead atoms. The fraction of sp³-hybridized carbons (Fsp3) is 0.214. The van der Waals surface area contributed by atoms with Gasteiger partial charge in [0, 0.05) is 23.6 Å². The van der Waals surface area contributed by atoms with Crippen LogP contribution < -0.4 is 15.2 Å². The second kappa shape index (κ2) is 5.15. The van der Waals surface area contributed by atoms with E-state index in [0.717, 1.165) is 26.6 Å². The van der Waals surface area contributed by atoms with E-state index in [1.165, 1.54) is 0 Å². The molecule has 0 fully saturated rings. The molecular formula is C14H15N3O2S. The number of hydrogen-bond acceptors (Lipinski definition) is 5. The van der Waals surface area contributed by atoms with Crippen LogP contribution in [0.25, 0.3) is 21.7 Å². The number of nitrogens with one attached hydrogen (secondary N) is 1. The number of methoxy groups -OCH3 is 2. The minimum Gasteiger partial charge on any atom is -0.493 e. The Kier molecular flexibility index (Phi) is 3.33. The predicted molar refractivity (Wildman–Crippen MR) is 80.4 cm³/mol. The van der Waals surface area contributed by atoms with Gasteiger partial charge in [-0.3, -0.25) is 0 Å². The van der Waals surface area contributed by atoms with Crippen LogP contribution in [0.4, 0.5) is 0 Å². The van der Waals surface area contributed by atoms with E-state index in [4.69, 9.17) is 15.2 Å². The number of H-pyrrole nitrogens is 1. The second-order valence-corrected chi connectivity index (χ2v) is 5.45. The largest absolute Gasteiger partial charge is 0.493 e. The molecule has 2 aromatic heterocycles. The highest BCUT2D eigenvalue weighted by Crippen LogP contribution is 2.33. The summed E-state index contributed by atoms with van der Waals surface area (Å²) >= 11 is 1.64. The third kappa shape index (κ3) is 2.13. The van der Waals surface area contributed by atoms with Gasteiger partial charge in [0.1, 0.15) is 5.82 Å². The van der Waals surface area contributed by atoms with E-state index < -0.39 is 0 Å². The number of fused-ring (bicyclic) bond motifs is 1. The molecule has 0 saturated heterocycles. The molecule has 0 amide bonds. The van der Waals surface area contributed by atoms with Crippen molar-refractivity contribution in [1.82, 2.24) is 9.97 Å². The maximum absolute atomic E-state index is 5.64. The molecule has 0 aliphatic heterocycles. The van der Waals surface area contributed by atoms with Crippen molar-refractivity contribution in [2.24, 2.45) is 5.73 Å². The van der Waals surface area contributed by atoms with E-state index >= 15 is 0 Å². The van der Waals surface area contributed by atoms with Crippen molar-refractivity contribution in [2.45, 2.75) is 6.54 Å². The Bertz CT molecular complexity index is 707. The van der Waals surface area contributed by atoms with E-state index in [9.17, 15) is 0 Å². The molecule has 6 heteroatoms. The van der Waals surface area contributed by atoms with Gasteiger partial charge in [-0.1, -0.05) is 0 Å². The topological polar surface area (TPSA) is 73.2 Å². The molecule has 104 valence electrons. The van der Waals surface area contributed by atoms with E-state index in [2.05, 4.69) is 9.97 Å². The lowest BCUT2D eigenvalue weighted by Gasteiger charge is -2.06. The van der Waals surface area contributed by atoms with Crippen molar-refractivity contribution in [2.75, 3.05) is 14.2 Å². The normalized spacial score (nSPS) is 10.9. The maximum atomic E-state index is 5.64. The summed E-state index contributed by atoms with van der Waals surface area (Å²) in [5, 5.41) is 0. The molecule has 0 atom stereocenters. The van der Waals surface area contributed by atoms with Crippen LogP contribution in [0.15, 0.2) is 24.3 Å². The number of aromatic nitrogens is 2. The minimum atomic E-state index is 0.548. The molecule has 0 unspecified atom stereocenters. The van der Waals surface area contributed by atoms with Crippen molar-refractivity contribution >= 4 is 22.4 Å². The Hall–Kier alpha value is -2.05. The average molecular weight is 289 g/mol. The first-order chi connectivity index (χ1) is 9.75. The fourth-order valence-electron chi connectivity index (χ4n) is 2.07. The van der Waals surface area contributed by atoms with Crippen molar-refractivity contribution < 1.29 is 9.47 Å². The summed E-state index contributed by atoms with van der Waals surface area (Å²) in [6, 6.07) is 7.81. The predicted octanol–water partition coefficient (Wildman–Crippen LogP) is 2.77. The quantitative estimate of drug-likeness (QED) is 0.774. The number of hydrogen-bond donors (Lipinski definition) is 2. The molecule has 0 aliphatic rings. The van der Waals surface area contributed by atoms with Crippen molar-refractivity contribution in [3.8, 4) is 22.2 Å². The number of thiophene rings is 1. The van der Waals surface area contributed by atoms with Crippen LogP contribution in [0, 0.1) is 0 Å². The molecule has 20 heavy (non-hydrogen) atoms. The number of nitrogens with two attached hydrogens (primary N) is 1. The molecule has 3 N–H and O–H groups in total. The first-order valence-electron chi connectivity index (χ1n) is 6.16. The number of nitrogens with zero attached hydrogens (tertiary/aromatic N) is 1. The third-order valence-electron chi connectivity index (χ3n) is 3.08. The Morgan fingerprint density at radius 1 is 1.20 bits per heavy atom. The summed E-state index contributed by atoms with van der Waals surface area (Å²) in [4.78, 5) is 10.1. The van der Waals surface area contributed by atoms with Crippen LogP contribution in [0.2, 0.25) is 0 Å². The lowest BCUT2D eigenvalue weighted by atomic mass is 10.3. The molecule has 0 aliphatic carbocycles. The SMILES string of the molecule is COc1cc2nc(-c3ccc(CN)s3)[nH]c2cc1OC. The smallest absolute Gasteiger partial charge is 0.163 e. The summed E-state index contributed by atoms with van der Waals surface area (Å²) in [7, 11) is 3.23. The standard InChI is InChI=1S/C14H15N3O2S/c1-18-11-5-9-10(6-12(11)19-2)17-14(16-9)13-4-3-8(7-15)20-13/h3-6H,7,15H2,1-2H3,(H,16,17). The van der Waals surface area contributed by atoms with Gasteiger partial charge < -0.3 is 20.2 Å². The lowest BCUT2D eigenvalue weighted by Crippen LogP contribution is -1.91. The van der Waals surface area contributed by atoms with E-state index in [1.54, 1.807) is 25.6 Å². The summed E-state index contributed by atoms with van der Waals surface area (Å²) in [6.45, 7) is 0.548. The Balaban J connectivity index is 2.10. The van der Waals surface area contributed by atoms with Crippen molar-refractivity contribution in [3.63, 3.8) is 0 Å². The van der Waals surface area contributed by atoms with Gasteiger partial charge in [-0.15, -0.1) is 11.3 Å². The fourth-order valence-corrected chi connectivity index (χ4v) is 2.90. The zero-order chi connectivity index (χ0) is 14.1. The molecule has 5 nitrogen and oxygen atoms in total. The highest BCUT2D eigenvalue weighted by Gasteiger charge is 2.12. The van der Waals surface area contributed by atoms with Crippen LogP contribution in [-0.4, -0.2) is 24.2 Å². The second-order valence-electron chi connectivity index (χ2n) is 4.28. The lowest BCUT2D eigenvalue weighted by molar-refractivity contribution is 0.356. The van der Waals surface area contributed by atoms with Crippen LogP contribution in [0.3, 0.4) is 0 Å². The zero-order valence-electron chi connectivity index (χ0n) is 11.3. The van der Waals surface area contributed by atoms with Gasteiger partial charge in [0.25, 0.3) is 0 Å². The Morgan fingerprint density at radius 2 is 1.95 bits per heavy atom. The molecule has 3 rings (SSSR count). The summed E-state index contributed by atoms with van der Waals surface area (Å²) < 4.78 is 10.6. The molecule has 0 spiro atoms. The molecule has 1 aromatic carbocycles. The van der Waals surface area contributed by atoms with Gasteiger partial charge >= 0.3 is 0 Å². The van der Waals surface area contributed by atoms with Crippen LogP contribution in [-0.2, 0) is 6.54 Å². The number of aromatic amines is 1. The Labute approximate surface area is 120 Å². The van der Waals surface area contributed by atoms with E-state index in [-0.39, 0.29) is 0 Å². The van der Waals surface area contributed by atoms with E-state index in [1.807, 2.05) is 24.3 Å². The summed E-state index contributed by atoms with van der Waals surface area (Å²) in [6.07, 6.45) is 0. The number of imidazole rings is 1. The van der Waals surface area contributed by atoms with Crippen molar-refractivity contribution in [3.05, 3.63) is 29.1 Å². The Morgan fingerprint density at radius 3 is 2.60 bits per heavy atom. The van der Waals surface area contributed by atoms with Crippen molar-refractivity contribution in [1.29, 1.82) is 0 Å². The van der Waals surface area contributed by atoms with Crippen LogP contribution >= 0.6 is 11.3 Å². The van der Waals surface area contributed by atoms with E-state index in [0.29, 0.717) is 18.0 Å². The first-order valence-corrected chi connectivity index (χ1v) is 6.97. The van der Waals surface area contributed by atoms with Gasteiger partial charge in [-0.05, 0) is 12.1 Å². The van der Waals surface area contributed by atoms with Crippen LogP contribution in [0.1, 0.15) is 4.88 Å². The molecular weight excluding hydrogens is 274 g/mol. The number of ether oxygens (including phenoxy) is 2. The van der Waals surface area contributed by atoms with Gasteiger partial charge in [-0.2, -0.15) is 0 Å². The van der Waals surface area contributed by atoms with Gasteiger partial charge in [0.15, 0.2) is 11.5 Å². The first kappa shape index (κ1) is 13.0. The van der Waals surface area contributed by atoms with Gasteiger partial charge in [0.05, 0.1) is 30.1 Å². The van der Waals surface area contributed by atoms with Gasteiger partial charge in [0.2, 0.25) is 0 Å². The zero-order valence-corrected chi connectivity index (χ0v) is 12.1. The highest BCUT2D eigenvalue weighted by molar-refractivity contribution is 7.15. The molecule has 0 radical (unpaired) electrons. The maximum Gasteiger partial charge on any atom is 0.163 e. The van der Waals surface area contributed by atoms with Gasteiger partial charge in [-0.25, -0.2) is 4.98 Å². The summed E-state index contributed by atoms with van der Waals surface area (Å²) in [5.74, 6) is 2.19.